The molecule has 116 valence electrons. The molecule has 1 aliphatic heterocycles. The standard InChI is InChI=1S/C14H21N3O3S/c1-20-9-6-15-13(18)11-4-7-17(8-5-11)14(19)16-12-3-2-10-21-12/h2-3,10-11H,4-9H2,1H3,(H,15,18)(H,16,19). The first-order valence-electron chi connectivity index (χ1n) is 7.07. The largest absolute Gasteiger partial charge is 0.383 e. The van der Waals surface area contributed by atoms with Crippen molar-refractivity contribution >= 4 is 28.3 Å². The number of anilines is 1. The summed E-state index contributed by atoms with van der Waals surface area (Å²) in [6.07, 6.45) is 1.41. The molecular weight excluding hydrogens is 290 g/mol. The first kappa shape index (κ1) is 15.8. The van der Waals surface area contributed by atoms with Crippen LogP contribution < -0.4 is 10.6 Å². The van der Waals surface area contributed by atoms with Crippen LogP contribution in [0.4, 0.5) is 9.80 Å². The highest BCUT2D eigenvalue weighted by Gasteiger charge is 2.27. The van der Waals surface area contributed by atoms with Crippen LogP contribution in [0.1, 0.15) is 12.8 Å². The van der Waals surface area contributed by atoms with E-state index >= 15 is 0 Å². The van der Waals surface area contributed by atoms with Crippen LogP contribution in [0.3, 0.4) is 0 Å². The van der Waals surface area contributed by atoms with E-state index < -0.39 is 0 Å². The molecule has 2 N–H and O–H groups in total. The molecule has 0 aromatic carbocycles. The number of rotatable bonds is 5. The van der Waals surface area contributed by atoms with Gasteiger partial charge in [0, 0.05) is 32.7 Å². The minimum atomic E-state index is -0.0873. The van der Waals surface area contributed by atoms with Gasteiger partial charge < -0.3 is 15.0 Å². The number of carbonyl (C=O) groups is 2. The topological polar surface area (TPSA) is 70.7 Å². The number of thiophene rings is 1. The Hall–Kier alpha value is -1.60. The van der Waals surface area contributed by atoms with Gasteiger partial charge in [0.05, 0.1) is 11.6 Å². The summed E-state index contributed by atoms with van der Waals surface area (Å²) in [5, 5.41) is 8.49. The molecule has 0 spiro atoms. The molecule has 1 fully saturated rings. The van der Waals surface area contributed by atoms with E-state index in [0.717, 1.165) is 5.00 Å². The lowest BCUT2D eigenvalue weighted by molar-refractivity contribution is -0.126. The molecule has 0 bridgehead atoms. The molecule has 21 heavy (non-hydrogen) atoms. The second kappa shape index (κ2) is 7.99. The highest BCUT2D eigenvalue weighted by molar-refractivity contribution is 7.14. The van der Waals surface area contributed by atoms with Crippen molar-refractivity contribution in [2.24, 2.45) is 5.92 Å². The fourth-order valence-electron chi connectivity index (χ4n) is 2.30. The van der Waals surface area contributed by atoms with Gasteiger partial charge in [-0.15, -0.1) is 11.3 Å². The molecule has 2 rings (SSSR count). The van der Waals surface area contributed by atoms with Gasteiger partial charge in [-0.05, 0) is 30.4 Å². The van der Waals surface area contributed by atoms with E-state index in [1.165, 1.54) is 11.3 Å². The summed E-state index contributed by atoms with van der Waals surface area (Å²) in [7, 11) is 1.61. The first-order valence-corrected chi connectivity index (χ1v) is 7.94. The zero-order valence-corrected chi connectivity index (χ0v) is 12.9. The average molecular weight is 311 g/mol. The summed E-state index contributed by atoms with van der Waals surface area (Å²) in [6, 6.07) is 3.69. The molecule has 3 amide bonds. The SMILES string of the molecule is COCCNC(=O)C1CCN(C(=O)Nc2cccs2)CC1. The van der Waals surface area contributed by atoms with Crippen molar-refractivity contribution in [1.29, 1.82) is 0 Å². The molecule has 1 aromatic heterocycles. The summed E-state index contributed by atoms with van der Waals surface area (Å²) in [5.41, 5.74) is 0. The second-order valence-electron chi connectivity index (χ2n) is 4.95. The number of methoxy groups -OCH3 is 1. The number of hydrogen-bond donors (Lipinski definition) is 2. The van der Waals surface area contributed by atoms with Crippen molar-refractivity contribution in [3.63, 3.8) is 0 Å². The van der Waals surface area contributed by atoms with Gasteiger partial charge in [-0.25, -0.2) is 4.79 Å². The predicted octanol–water partition coefficient (Wildman–Crippen LogP) is 1.75. The smallest absolute Gasteiger partial charge is 0.322 e. The Bertz CT molecular complexity index is 456. The third-order valence-electron chi connectivity index (χ3n) is 3.51. The average Bonchev–Trinajstić information content (AvgIpc) is 3.00. The van der Waals surface area contributed by atoms with Crippen LogP contribution in [-0.4, -0.2) is 50.2 Å². The van der Waals surface area contributed by atoms with E-state index in [4.69, 9.17) is 4.74 Å². The van der Waals surface area contributed by atoms with Gasteiger partial charge in [-0.2, -0.15) is 0 Å². The monoisotopic (exact) mass is 311 g/mol. The van der Waals surface area contributed by atoms with E-state index in [1.54, 1.807) is 12.0 Å². The number of ether oxygens (including phenoxy) is 1. The molecule has 0 radical (unpaired) electrons. The summed E-state index contributed by atoms with van der Waals surface area (Å²) < 4.78 is 4.90. The number of hydrogen-bond acceptors (Lipinski definition) is 4. The van der Waals surface area contributed by atoms with Crippen LogP contribution in [0.2, 0.25) is 0 Å². The molecule has 0 unspecified atom stereocenters. The molecule has 1 aromatic rings. The number of carbonyl (C=O) groups excluding carboxylic acids is 2. The molecule has 0 aliphatic carbocycles. The minimum absolute atomic E-state index is 0.00681. The van der Waals surface area contributed by atoms with Crippen LogP contribution in [-0.2, 0) is 9.53 Å². The maximum absolute atomic E-state index is 12.1. The van der Waals surface area contributed by atoms with Gasteiger partial charge in [-0.1, -0.05) is 0 Å². The number of piperidine rings is 1. The van der Waals surface area contributed by atoms with Gasteiger partial charge in [0.1, 0.15) is 0 Å². The normalized spacial score (nSPS) is 15.8. The van der Waals surface area contributed by atoms with Gasteiger partial charge in [0.25, 0.3) is 0 Å². The van der Waals surface area contributed by atoms with Gasteiger partial charge in [-0.3, -0.25) is 10.1 Å². The number of nitrogens with zero attached hydrogens (tertiary/aromatic N) is 1. The highest BCUT2D eigenvalue weighted by Crippen LogP contribution is 2.20. The van der Waals surface area contributed by atoms with E-state index in [2.05, 4.69) is 10.6 Å². The third-order valence-corrected chi connectivity index (χ3v) is 4.29. The van der Waals surface area contributed by atoms with Crippen molar-refractivity contribution in [2.45, 2.75) is 12.8 Å². The molecule has 7 heteroatoms. The molecule has 1 aliphatic rings. The number of likely N-dealkylation sites (tertiary alicyclic amines) is 1. The van der Waals surface area contributed by atoms with Crippen LogP contribution in [0.15, 0.2) is 17.5 Å². The lowest BCUT2D eigenvalue weighted by atomic mass is 9.96. The Morgan fingerprint density at radius 1 is 1.43 bits per heavy atom. The van der Waals surface area contributed by atoms with Crippen molar-refractivity contribution < 1.29 is 14.3 Å². The number of nitrogens with one attached hydrogen (secondary N) is 2. The Balaban J connectivity index is 1.72. The van der Waals surface area contributed by atoms with E-state index in [1.807, 2.05) is 17.5 Å². The maximum atomic E-state index is 12.1. The molecule has 0 atom stereocenters. The zero-order valence-electron chi connectivity index (χ0n) is 12.1. The van der Waals surface area contributed by atoms with Crippen molar-refractivity contribution in [3.8, 4) is 0 Å². The minimum Gasteiger partial charge on any atom is -0.383 e. The van der Waals surface area contributed by atoms with Gasteiger partial charge >= 0.3 is 6.03 Å². The molecule has 6 nitrogen and oxygen atoms in total. The van der Waals surface area contributed by atoms with Crippen LogP contribution in [0, 0.1) is 5.92 Å². The quantitative estimate of drug-likeness (QED) is 0.814. The summed E-state index contributed by atoms with van der Waals surface area (Å²) in [5.74, 6) is 0.0537. The second-order valence-corrected chi connectivity index (χ2v) is 5.90. The predicted molar refractivity (Wildman–Crippen MR) is 82.5 cm³/mol. The highest BCUT2D eigenvalue weighted by atomic mass is 32.1. The first-order chi connectivity index (χ1) is 10.2. The van der Waals surface area contributed by atoms with Gasteiger partial charge in [0.2, 0.25) is 5.91 Å². The van der Waals surface area contributed by atoms with Crippen molar-refractivity contribution in [3.05, 3.63) is 17.5 Å². The zero-order chi connectivity index (χ0) is 15.1. The maximum Gasteiger partial charge on any atom is 0.322 e. The van der Waals surface area contributed by atoms with Crippen LogP contribution >= 0.6 is 11.3 Å². The fourth-order valence-corrected chi connectivity index (χ4v) is 2.91. The number of amides is 3. The van der Waals surface area contributed by atoms with Crippen LogP contribution in [0.25, 0.3) is 0 Å². The Kier molecular flexibility index (Phi) is 6.01. The lowest BCUT2D eigenvalue weighted by Gasteiger charge is -2.31. The summed E-state index contributed by atoms with van der Waals surface area (Å²) in [4.78, 5) is 25.7. The van der Waals surface area contributed by atoms with E-state index in [-0.39, 0.29) is 17.9 Å². The molecule has 2 heterocycles. The Morgan fingerprint density at radius 2 is 2.19 bits per heavy atom. The lowest BCUT2D eigenvalue weighted by Crippen LogP contribution is -2.44. The fraction of sp³-hybridized carbons (Fsp3) is 0.571. The van der Waals surface area contributed by atoms with Crippen LogP contribution in [0.5, 0.6) is 0 Å². The van der Waals surface area contributed by atoms with Crippen molar-refractivity contribution in [1.82, 2.24) is 10.2 Å². The Labute approximate surface area is 128 Å². The van der Waals surface area contributed by atoms with Crippen molar-refractivity contribution in [2.75, 3.05) is 38.7 Å². The summed E-state index contributed by atoms with van der Waals surface area (Å²) in [6.45, 7) is 2.28. The Morgan fingerprint density at radius 3 is 2.81 bits per heavy atom. The van der Waals surface area contributed by atoms with E-state index in [9.17, 15) is 9.59 Å². The molecular formula is C14H21N3O3S. The third kappa shape index (κ3) is 4.71. The molecule has 1 saturated heterocycles. The summed E-state index contributed by atoms with van der Waals surface area (Å²) >= 11 is 1.50. The van der Waals surface area contributed by atoms with E-state index in [0.29, 0.717) is 39.1 Å². The number of urea groups is 1. The van der Waals surface area contributed by atoms with Gasteiger partial charge in [0.15, 0.2) is 0 Å². The molecule has 0 saturated carbocycles.